The molecule has 7 heteroatoms. The Morgan fingerprint density at radius 3 is 2.42 bits per heavy atom. The van der Waals surface area contributed by atoms with Gasteiger partial charge in [-0.25, -0.2) is 4.79 Å². The highest BCUT2D eigenvalue weighted by Crippen LogP contribution is 2.42. The van der Waals surface area contributed by atoms with E-state index in [9.17, 15) is 9.59 Å². The summed E-state index contributed by atoms with van der Waals surface area (Å²) < 4.78 is 0. The van der Waals surface area contributed by atoms with Crippen LogP contribution in [0.1, 0.15) is 88.1 Å². The average molecular weight is 601 g/mol. The molecule has 3 aromatic rings. The number of unbranched alkanes of at least 4 members (excludes halogenated alkanes) is 1. The summed E-state index contributed by atoms with van der Waals surface area (Å²) in [5.41, 5.74) is 5.66. The minimum absolute atomic E-state index is 0.0765. The SMILES string of the molecule is CCCCN1C(=O)N(CC(=O)Nc2cc(CN3CCCCC3)ccc2C(C)(C)C)C(c2ccccc2)c2cc(Cl)ccc21. The summed E-state index contributed by atoms with van der Waals surface area (Å²) in [5.74, 6) is -0.212. The zero-order valence-corrected chi connectivity index (χ0v) is 26.8. The van der Waals surface area contributed by atoms with Crippen molar-refractivity contribution in [1.82, 2.24) is 9.80 Å². The lowest BCUT2D eigenvalue weighted by Crippen LogP contribution is -2.52. The standard InChI is InChI=1S/C36H45ClN4O2/c1-5-6-21-40-32-18-16-28(37)23-29(32)34(27-13-9-7-10-14-27)41(35(40)43)25-33(42)38-31-22-26(15-17-30(31)36(2,3)4)24-39-19-11-8-12-20-39/h7,9-10,13-18,22-23,34H,5-6,8,11-12,19-21,24-25H2,1-4H3,(H,38,42). The Morgan fingerprint density at radius 2 is 1.72 bits per heavy atom. The molecule has 1 atom stereocenters. The third-order valence-electron chi connectivity index (χ3n) is 8.55. The van der Waals surface area contributed by atoms with Crippen LogP contribution in [0.5, 0.6) is 0 Å². The number of amides is 3. The second kappa shape index (κ2) is 13.5. The van der Waals surface area contributed by atoms with Crippen molar-refractivity contribution >= 4 is 34.9 Å². The minimum Gasteiger partial charge on any atom is -0.324 e. The highest BCUT2D eigenvalue weighted by Gasteiger charge is 2.39. The quantitative estimate of drug-likeness (QED) is 0.268. The Kier molecular flexibility index (Phi) is 9.78. The fraction of sp³-hybridized carbons (Fsp3) is 0.444. The summed E-state index contributed by atoms with van der Waals surface area (Å²) in [5, 5.41) is 3.84. The molecule has 2 aliphatic heterocycles. The lowest BCUT2D eigenvalue weighted by atomic mass is 9.85. The van der Waals surface area contributed by atoms with Crippen LogP contribution in [0.2, 0.25) is 5.02 Å². The molecule has 43 heavy (non-hydrogen) atoms. The molecule has 5 rings (SSSR count). The number of hydrogen-bond donors (Lipinski definition) is 1. The van der Waals surface area contributed by atoms with Gasteiger partial charge in [-0.05, 0) is 78.7 Å². The van der Waals surface area contributed by atoms with Gasteiger partial charge in [-0.3, -0.25) is 14.6 Å². The molecule has 2 heterocycles. The average Bonchev–Trinajstić information content (AvgIpc) is 2.98. The van der Waals surface area contributed by atoms with Gasteiger partial charge in [0.1, 0.15) is 6.54 Å². The molecule has 0 saturated carbocycles. The lowest BCUT2D eigenvalue weighted by molar-refractivity contribution is -0.117. The molecule has 1 fully saturated rings. The number of fused-ring (bicyclic) bond motifs is 1. The molecule has 2 aliphatic rings. The number of likely N-dealkylation sites (tertiary alicyclic amines) is 1. The van der Waals surface area contributed by atoms with Gasteiger partial charge in [0.2, 0.25) is 5.91 Å². The van der Waals surface area contributed by atoms with Gasteiger partial charge in [-0.2, -0.15) is 0 Å². The van der Waals surface area contributed by atoms with Gasteiger partial charge in [0, 0.05) is 29.4 Å². The zero-order valence-electron chi connectivity index (χ0n) is 26.0. The van der Waals surface area contributed by atoms with Crippen LogP contribution in [0.4, 0.5) is 16.2 Å². The molecule has 0 aromatic heterocycles. The van der Waals surface area contributed by atoms with E-state index >= 15 is 0 Å². The number of piperidine rings is 1. The molecular formula is C36H45ClN4O2. The van der Waals surface area contributed by atoms with Crippen molar-refractivity contribution in [3.05, 3.63) is 94.0 Å². The third-order valence-corrected chi connectivity index (χ3v) is 8.78. The number of hydrogen-bond acceptors (Lipinski definition) is 3. The van der Waals surface area contributed by atoms with E-state index in [2.05, 4.69) is 56.1 Å². The zero-order chi connectivity index (χ0) is 30.6. The summed E-state index contributed by atoms with van der Waals surface area (Å²) in [6.07, 6.45) is 5.59. The van der Waals surface area contributed by atoms with Crippen molar-refractivity contribution in [1.29, 1.82) is 0 Å². The molecule has 1 saturated heterocycles. The number of nitrogens with one attached hydrogen (secondary N) is 1. The van der Waals surface area contributed by atoms with Crippen molar-refractivity contribution in [2.24, 2.45) is 0 Å². The first-order valence-corrected chi connectivity index (χ1v) is 16.1. The van der Waals surface area contributed by atoms with Crippen LogP contribution in [-0.4, -0.2) is 47.9 Å². The largest absolute Gasteiger partial charge is 0.325 e. The monoisotopic (exact) mass is 600 g/mol. The van der Waals surface area contributed by atoms with Crippen LogP contribution in [0, 0.1) is 0 Å². The van der Waals surface area contributed by atoms with E-state index in [0.29, 0.717) is 11.6 Å². The molecule has 1 unspecified atom stereocenters. The van der Waals surface area contributed by atoms with E-state index < -0.39 is 6.04 Å². The Balaban J connectivity index is 1.47. The number of halogens is 1. The highest BCUT2D eigenvalue weighted by molar-refractivity contribution is 6.30. The topological polar surface area (TPSA) is 55.9 Å². The molecule has 0 radical (unpaired) electrons. The van der Waals surface area contributed by atoms with Gasteiger partial charge in [-0.15, -0.1) is 0 Å². The van der Waals surface area contributed by atoms with E-state index in [1.165, 1.54) is 24.8 Å². The number of anilines is 2. The molecule has 0 spiro atoms. The van der Waals surface area contributed by atoms with Crippen LogP contribution in [0.15, 0.2) is 66.7 Å². The van der Waals surface area contributed by atoms with E-state index in [-0.39, 0.29) is 23.9 Å². The fourth-order valence-electron chi connectivity index (χ4n) is 6.38. The molecule has 3 amide bonds. The molecule has 228 valence electrons. The number of urea groups is 1. The summed E-state index contributed by atoms with van der Waals surface area (Å²) in [6.45, 7) is 12.2. The maximum absolute atomic E-state index is 14.2. The Hall–Kier alpha value is -3.35. The lowest BCUT2D eigenvalue weighted by Gasteiger charge is -2.43. The van der Waals surface area contributed by atoms with Gasteiger partial charge in [0.15, 0.2) is 0 Å². The first-order valence-electron chi connectivity index (χ1n) is 15.7. The van der Waals surface area contributed by atoms with Crippen LogP contribution in [0.25, 0.3) is 0 Å². The normalized spacial score (nSPS) is 17.6. The summed E-state index contributed by atoms with van der Waals surface area (Å²) in [4.78, 5) is 34.1. The van der Waals surface area contributed by atoms with Crippen molar-refractivity contribution in [2.45, 2.75) is 77.8 Å². The fourth-order valence-corrected chi connectivity index (χ4v) is 6.56. The predicted molar refractivity (Wildman–Crippen MR) is 177 cm³/mol. The summed E-state index contributed by atoms with van der Waals surface area (Å²) >= 11 is 6.52. The first-order chi connectivity index (χ1) is 20.7. The van der Waals surface area contributed by atoms with Gasteiger partial charge >= 0.3 is 6.03 Å². The molecular weight excluding hydrogens is 556 g/mol. The first kappa shape index (κ1) is 31.1. The number of carbonyl (C=O) groups excluding carboxylic acids is 2. The van der Waals surface area contributed by atoms with E-state index in [0.717, 1.165) is 60.5 Å². The Labute approximate surface area is 262 Å². The summed E-state index contributed by atoms with van der Waals surface area (Å²) in [6, 6.07) is 21.5. The molecule has 1 N–H and O–H groups in total. The smallest absolute Gasteiger partial charge is 0.324 e. The number of carbonyl (C=O) groups is 2. The predicted octanol–water partition coefficient (Wildman–Crippen LogP) is 8.39. The maximum atomic E-state index is 14.2. The van der Waals surface area contributed by atoms with Gasteiger partial charge in [0.05, 0.1) is 11.7 Å². The second-order valence-electron chi connectivity index (χ2n) is 12.9. The number of rotatable bonds is 9. The van der Waals surface area contributed by atoms with Crippen LogP contribution in [0.3, 0.4) is 0 Å². The van der Waals surface area contributed by atoms with E-state index in [4.69, 9.17) is 11.6 Å². The highest BCUT2D eigenvalue weighted by atomic mass is 35.5. The van der Waals surface area contributed by atoms with E-state index in [1.807, 2.05) is 53.4 Å². The van der Waals surface area contributed by atoms with E-state index in [1.54, 1.807) is 4.90 Å². The third kappa shape index (κ3) is 7.25. The van der Waals surface area contributed by atoms with Crippen molar-refractivity contribution < 1.29 is 9.59 Å². The molecule has 0 bridgehead atoms. The molecule has 6 nitrogen and oxygen atoms in total. The Bertz CT molecular complexity index is 1430. The van der Waals surface area contributed by atoms with Crippen LogP contribution < -0.4 is 10.2 Å². The second-order valence-corrected chi connectivity index (χ2v) is 13.4. The van der Waals surface area contributed by atoms with Crippen LogP contribution in [-0.2, 0) is 16.8 Å². The Morgan fingerprint density at radius 1 is 0.977 bits per heavy atom. The minimum atomic E-state index is -0.432. The molecule has 3 aromatic carbocycles. The van der Waals surface area contributed by atoms with Crippen molar-refractivity contribution in [2.75, 3.05) is 36.4 Å². The van der Waals surface area contributed by atoms with Crippen molar-refractivity contribution in [3.63, 3.8) is 0 Å². The van der Waals surface area contributed by atoms with Crippen molar-refractivity contribution in [3.8, 4) is 0 Å². The summed E-state index contributed by atoms with van der Waals surface area (Å²) in [7, 11) is 0. The van der Waals surface area contributed by atoms with Gasteiger partial charge in [-0.1, -0.05) is 94.6 Å². The van der Waals surface area contributed by atoms with Gasteiger partial charge in [0.25, 0.3) is 0 Å². The van der Waals surface area contributed by atoms with Crippen LogP contribution >= 0.6 is 11.6 Å². The molecule has 0 aliphatic carbocycles. The number of nitrogens with zero attached hydrogens (tertiary/aromatic N) is 3. The number of benzene rings is 3. The maximum Gasteiger partial charge on any atom is 0.325 e. The van der Waals surface area contributed by atoms with Gasteiger partial charge < -0.3 is 10.2 Å².